The Morgan fingerprint density at radius 1 is 0.358 bits per heavy atom. The van der Waals surface area contributed by atoms with E-state index in [1.807, 2.05) is 0 Å². The lowest BCUT2D eigenvalue weighted by Gasteiger charge is -2.13. The van der Waals surface area contributed by atoms with Crippen molar-refractivity contribution < 1.29 is 4.42 Å². The van der Waals surface area contributed by atoms with Crippen LogP contribution in [0.5, 0.6) is 0 Å². The maximum absolute atomic E-state index is 6.91. The van der Waals surface area contributed by atoms with E-state index in [-0.39, 0.29) is 0 Å². The van der Waals surface area contributed by atoms with Gasteiger partial charge in [0.1, 0.15) is 11.2 Å². The highest BCUT2D eigenvalue weighted by atomic mass is 16.3. The lowest BCUT2D eigenvalue weighted by atomic mass is 10.0. The Bertz CT molecular complexity index is 3570. The quantitative estimate of drug-likeness (QED) is 0.179. The van der Waals surface area contributed by atoms with Gasteiger partial charge >= 0.3 is 0 Å². The van der Waals surface area contributed by atoms with Gasteiger partial charge in [-0.15, -0.1) is 0 Å². The maximum Gasteiger partial charge on any atom is 0.145 e. The fourth-order valence-corrected chi connectivity index (χ4v) is 9.68. The van der Waals surface area contributed by atoms with Gasteiger partial charge in [-0.05, 0) is 86.9 Å². The minimum absolute atomic E-state index is 0.903. The number of rotatable bonds is 2. The first-order valence-electron chi connectivity index (χ1n) is 18.3. The summed E-state index contributed by atoms with van der Waals surface area (Å²) >= 11 is 0. The van der Waals surface area contributed by atoms with Gasteiger partial charge < -0.3 is 13.6 Å². The average molecular weight is 673 g/mol. The van der Waals surface area contributed by atoms with E-state index in [0.29, 0.717) is 0 Å². The van der Waals surface area contributed by atoms with E-state index in [4.69, 9.17) is 4.42 Å². The van der Waals surface area contributed by atoms with Crippen LogP contribution in [-0.2, 0) is 0 Å². The predicted molar refractivity (Wildman–Crippen MR) is 222 cm³/mol. The van der Waals surface area contributed by atoms with Crippen LogP contribution in [0.15, 0.2) is 174 Å². The molecule has 3 aromatic heterocycles. The molecule has 9 aromatic carbocycles. The molecular formula is C50H28N2O. The predicted octanol–water partition coefficient (Wildman–Crippen LogP) is 13.7. The third-order valence-corrected chi connectivity index (χ3v) is 11.8. The van der Waals surface area contributed by atoms with E-state index >= 15 is 0 Å². The summed E-state index contributed by atoms with van der Waals surface area (Å²) < 4.78 is 11.9. The molecule has 3 nitrogen and oxygen atoms in total. The molecule has 0 radical (unpaired) electrons. The third-order valence-electron chi connectivity index (χ3n) is 11.8. The Hall–Kier alpha value is -7.10. The Labute approximate surface area is 303 Å². The highest BCUT2D eigenvalue weighted by molar-refractivity contribution is 6.32. The van der Waals surface area contributed by atoms with Crippen LogP contribution in [0.4, 0.5) is 0 Å². The van der Waals surface area contributed by atoms with Crippen molar-refractivity contribution in [3.63, 3.8) is 0 Å². The van der Waals surface area contributed by atoms with Crippen molar-refractivity contribution in [1.29, 1.82) is 0 Å². The topological polar surface area (TPSA) is 23.0 Å². The summed E-state index contributed by atoms with van der Waals surface area (Å²) in [6.45, 7) is 0. The molecule has 0 bridgehead atoms. The summed E-state index contributed by atoms with van der Waals surface area (Å²) in [5, 5.41) is 12.1. The molecule has 53 heavy (non-hydrogen) atoms. The molecule has 0 amide bonds. The number of fused-ring (bicyclic) bond motifs is 15. The molecule has 0 saturated heterocycles. The standard InChI is InChI=1S/C50H28N2O/c1-2-14-32-29(11-1)12-10-21-41(32)52-42-20-7-5-17-35(42)38-23-25-43-47(49(38)52)48-44(26-24-39-36-18-6-8-22-45(36)53-50(39)48)51(43)31-27-30-13-9-19-37-33-15-3-4-16-34(33)40(28-31)46(30)37/h1-28H. The van der Waals surface area contributed by atoms with Crippen molar-refractivity contribution in [2.75, 3.05) is 0 Å². The van der Waals surface area contributed by atoms with Crippen molar-refractivity contribution in [3.05, 3.63) is 170 Å². The number of benzene rings is 9. The van der Waals surface area contributed by atoms with Gasteiger partial charge in [0.05, 0.1) is 33.1 Å². The molecule has 12 aromatic rings. The first-order chi connectivity index (χ1) is 26.3. The number of hydrogen-bond donors (Lipinski definition) is 0. The first-order valence-corrected chi connectivity index (χ1v) is 18.3. The molecule has 0 fully saturated rings. The smallest absolute Gasteiger partial charge is 0.145 e. The van der Waals surface area contributed by atoms with Crippen LogP contribution in [0.1, 0.15) is 0 Å². The molecular weight excluding hydrogens is 645 g/mol. The molecule has 1 aliphatic carbocycles. The molecule has 3 heterocycles. The molecule has 0 N–H and O–H groups in total. The van der Waals surface area contributed by atoms with Crippen LogP contribution in [0.25, 0.3) is 121 Å². The highest BCUT2D eigenvalue weighted by Crippen LogP contribution is 2.50. The minimum atomic E-state index is 0.903. The monoisotopic (exact) mass is 672 g/mol. The van der Waals surface area contributed by atoms with E-state index in [1.54, 1.807) is 0 Å². The van der Waals surface area contributed by atoms with E-state index in [1.165, 1.54) is 76.7 Å². The van der Waals surface area contributed by atoms with E-state index in [0.717, 1.165) is 44.0 Å². The lowest BCUT2D eigenvalue weighted by Crippen LogP contribution is -1.96. The van der Waals surface area contributed by atoms with Gasteiger partial charge in [0.2, 0.25) is 0 Å². The summed E-state index contributed by atoms with van der Waals surface area (Å²) in [5.41, 5.74) is 14.0. The van der Waals surface area contributed by atoms with Gasteiger partial charge in [0.25, 0.3) is 0 Å². The molecule has 0 aliphatic heterocycles. The summed E-state index contributed by atoms with van der Waals surface area (Å²) in [5.74, 6) is 0. The number of nitrogens with zero attached hydrogens (tertiary/aromatic N) is 2. The number of aromatic nitrogens is 2. The highest BCUT2D eigenvalue weighted by Gasteiger charge is 2.27. The van der Waals surface area contributed by atoms with Gasteiger partial charge in [-0.2, -0.15) is 0 Å². The summed E-state index contributed by atoms with van der Waals surface area (Å²) in [6, 6.07) is 62.2. The second-order valence-corrected chi connectivity index (χ2v) is 14.4. The molecule has 1 aliphatic rings. The fourth-order valence-electron chi connectivity index (χ4n) is 9.68. The van der Waals surface area contributed by atoms with Crippen LogP contribution in [0.3, 0.4) is 0 Å². The number of hydrogen-bond acceptors (Lipinski definition) is 1. The van der Waals surface area contributed by atoms with E-state index < -0.39 is 0 Å². The molecule has 3 heteroatoms. The molecule has 0 atom stereocenters. The molecule has 0 unspecified atom stereocenters. The Balaban J connectivity index is 1.27. The van der Waals surface area contributed by atoms with Crippen LogP contribution in [0, 0.1) is 0 Å². The van der Waals surface area contributed by atoms with Gasteiger partial charge in [-0.3, -0.25) is 0 Å². The second kappa shape index (κ2) is 9.81. The molecule has 13 rings (SSSR count). The Kier molecular flexibility index (Phi) is 5.11. The van der Waals surface area contributed by atoms with E-state index in [9.17, 15) is 0 Å². The van der Waals surface area contributed by atoms with Crippen LogP contribution < -0.4 is 0 Å². The summed E-state index contributed by atoms with van der Waals surface area (Å²) in [7, 11) is 0. The number of para-hydroxylation sites is 2. The summed E-state index contributed by atoms with van der Waals surface area (Å²) in [4.78, 5) is 0. The largest absolute Gasteiger partial charge is 0.455 e. The normalized spacial score (nSPS) is 12.5. The average Bonchev–Trinajstić information content (AvgIpc) is 3.95. The zero-order chi connectivity index (χ0) is 34.4. The summed E-state index contributed by atoms with van der Waals surface area (Å²) in [6.07, 6.45) is 0. The van der Waals surface area contributed by atoms with Crippen LogP contribution in [-0.4, -0.2) is 9.13 Å². The molecule has 0 spiro atoms. The van der Waals surface area contributed by atoms with Crippen molar-refractivity contribution in [1.82, 2.24) is 9.13 Å². The zero-order valence-electron chi connectivity index (χ0n) is 28.5. The number of furan rings is 1. The Morgan fingerprint density at radius 3 is 1.92 bits per heavy atom. The molecule has 244 valence electrons. The van der Waals surface area contributed by atoms with Crippen LogP contribution >= 0.6 is 0 Å². The Morgan fingerprint density at radius 2 is 1.02 bits per heavy atom. The maximum atomic E-state index is 6.91. The minimum Gasteiger partial charge on any atom is -0.455 e. The molecule has 0 saturated carbocycles. The SMILES string of the molecule is c1ccc2c(c1)-c1cccc3cc(-n4c5ccc6c7ccccc7oc6c5c5c4ccc4c6ccccc6n(-c6cccc7ccccc67)c45)cc-2c13. The van der Waals surface area contributed by atoms with Crippen molar-refractivity contribution >= 4 is 87.1 Å². The zero-order valence-corrected chi connectivity index (χ0v) is 28.5. The first kappa shape index (κ1) is 27.6. The lowest BCUT2D eigenvalue weighted by molar-refractivity contribution is 0.673. The second-order valence-electron chi connectivity index (χ2n) is 14.4. The van der Waals surface area contributed by atoms with E-state index in [2.05, 4.69) is 179 Å². The van der Waals surface area contributed by atoms with Crippen molar-refractivity contribution in [2.24, 2.45) is 0 Å². The fraction of sp³-hybridized carbons (Fsp3) is 0. The van der Waals surface area contributed by atoms with Gasteiger partial charge in [-0.1, -0.05) is 121 Å². The van der Waals surface area contributed by atoms with Crippen LogP contribution in [0.2, 0.25) is 0 Å². The third kappa shape index (κ3) is 3.44. The van der Waals surface area contributed by atoms with Crippen molar-refractivity contribution in [3.8, 4) is 33.6 Å². The van der Waals surface area contributed by atoms with Gasteiger partial charge in [-0.25, -0.2) is 0 Å². The van der Waals surface area contributed by atoms with Crippen molar-refractivity contribution in [2.45, 2.75) is 0 Å². The van der Waals surface area contributed by atoms with Gasteiger partial charge in [0, 0.05) is 38.0 Å². The van der Waals surface area contributed by atoms with Gasteiger partial charge in [0.15, 0.2) is 0 Å².